The van der Waals surface area contributed by atoms with Crippen molar-refractivity contribution in [2.75, 3.05) is 13.2 Å². The summed E-state index contributed by atoms with van der Waals surface area (Å²) in [7, 11) is 0. The van der Waals surface area contributed by atoms with E-state index >= 15 is 0 Å². The number of carboxylic acid groups (broad SMARTS) is 1. The molecule has 0 bridgehead atoms. The highest BCUT2D eigenvalue weighted by Crippen LogP contribution is 2.14. The largest absolute Gasteiger partial charge is 0.481 e. The summed E-state index contributed by atoms with van der Waals surface area (Å²) < 4.78 is 5.57. The first-order valence-electron chi connectivity index (χ1n) is 6.99. The van der Waals surface area contributed by atoms with E-state index < -0.39 is 5.97 Å². The predicted molar refractivity (Wildman–Crippen MR) is 71.1 cm³/mol. The zero-order valence-corrected chi connectivity index (χ0v) is 11.5. The van der Waals surface area contributed by atoms with Gasteiger partial charge in [-0.1, -0.05) is 6.92 Å². The Kier molecular flexibility index (Phi) is 7.25. The second-order valence-electron chi connectivity index (χ2n) is 4.88. The van der Waals surface area contributed by atoms with Crippen LogP contribution in [0.3, 0.4) is 0 Å². The maximum atomic E-state index is 11.6. The van der Waals surface area contributed by atoms with E-state index in [-0.39, 0.29) is 24.6 Å². The number of amides is 2. The Labute approximate surface area is 113 Å². The average Bonchev–Trinajstić information content (AvgIpc) is 2.38. The number of aliphatic carboxylic acids is 1. The molecule has 0 aromatic rings. The van der Waals surface area contributed by atoms with Crippen molar-refractivity contribution in [3.8, 4) is 0 Å². The van der Waals surface area contributed by atoms with Crippen molar-refractivity contribution in [3.63, 3.8) is 0 Å². The van der Waals surface area contributed by atoms with Crippen LogP contribution in [0.4, 0.5) is 4.79 Å². The Morgan fingerprint density at radius 3 is 2.79 bits per heavy atom. The predicted octanol–water partition coefficient (Wildman–Crippen LogP) is 1.50. The van der Waals surface area contributed by atoms with Crippen LogP contribution in [-0.4, -0.2) is 42.4 Å². The second kappa shape index (κ2) is 8.74. The van der Waals surface area contributed by atoms with Crippen molar-refractivity contribution in [2.45, 2.75) is 57.6 Å². The lowest BCUT2D eigenvalue weighted by Crippen LogP contribution is -2.43. The highest BCUT2D eigenvalue weighted by atomic mass is 16.5. The molecule has 1 aliphatic heterocycles. The first kappa shape index (κ1) is 15.8. The lowest BCUT2D eigenvalue weighted by molar-refractivity contribution is -0.137. The van der Waals surface area contributed by atoms with Gasteiger partial charge < -0.3 is 20.5 Å². The number of hydrogen-bond donors (Lipinski definition) is 3. The number of ether oxygens (including phenoxy) is 1. The molecule has 1 heterocycles. The van der Waals surface area contributed by atoms with Crippen molar-refractivity contribution in [1.29, 1.82) is 0 Å². The summed E-state index contributed by atoms with van der Waals surface area (Å²) in [6.07, 6.45) is 4.98. The van der Waals surface area contributed by atoms with Gasteiger partial charge in [0.05, 0.1) is 12.5 Å². The van der Waals surface area contributed by atoms with Crippen molar-refractivity contribution in [1.82, 2.24) is 10.6 Å². The Hall–Kier alpha value is -1.30. The van der Waals surface area contributed by atoms with E-state index in [1.807, 2.05) is 6.92 Å². The van der Waals surface area contributed by atoms with Gasteiger partial charge in [-0.05, 0) is 32.1 Å². The number of rotatable bonds is 7. The normalized spacial score (nSPS) is 20.6. The summed E-state index contributed by atoms with van der Waals surface area (Å²) in [5, 5.41) is 14.1. The van der Waals surface area contributed by atoms with Gasteiger partial charge in [-0.15, -0.1) is 0 Å². The quantitative estimate of drug-likeness (QED) is 0.655. The summed E-state index contributed by atoms with van der Waals surface area (Å²) in [5.74, 6) is -0.900. The molecular formula is C13H24N2O4. The first-order valence-corrected chi connectivity index (χ1v) is 6.99. The Balaban J connectivity index is 2.13. The van der Waals surface area contributed by atoms with Crippen LogP contribution in [0.2, 0.25) is 0 Å². The van der Waals surface area contributed by atoms with Gasteiger partial charge in [0.15, 0.2) is 0 Å². The smallest absolute Gasteiger partial charge is 0.315 e. The summed E-state index contributed by atoms with van der Waals surface area (Å²) in [6.45, 7) is 3.22. The van der Waals surface area contributed by atoms with Gasteiger partial charge >= 0.3 is 12.0 Å². The fraction of sp³-hybridized carbons (Fsp3) is 0.846. The highest BCUT2D eigenvalue weighted by Gasteiger charge is 2.15. The highest BCUT2D eigenvalue weighted by molar-refractivity contribution is 5.75. The standard InChI is InChI=1S/C13H24N2O4/c1-2-10(9-12(16)17)15-13(18)14-7-6-11-5-3-4-8-19-11/h10-11H,2-9H2,1H3,(H,16,17)(H2,14,15,18). The van der Waals surface area contributed by atoms with Crippen molar-refractivity contribution in [2.24, 2.45) is 0 Å². The third-order valence-electron chi connectivity index (χ3n) is 3.27. The number of hydrogen-bond acceptors (Lipinski definition) is 3. The molecule has 0 aromatic carbocycles. The van der Waals surface area contributed by atoms with Crippen LogP contribution >= 0.6 is 0 Å². The molecule has 2 amide bonds. The van der Waals surface area contributed by atoms with Crippen molar-refractivity contribution in [3.05, 3.63) is 0 Å². The summed E-state index contributed by atoms with van der Waals surface area (Å²) in [6, 6.07) is -0.618. The molecule has 0 aromatic heterocycles. The molecule has 0 saturated carbocycles. The van der Waals surface area contributed by atoms with Crippen molar-refractivity contribution < 1.29 is 19.4 Å². The molecule has 2 unspecified atom stereocenters. The minimum atomic E-state index is -0.900. The fourth-order valence-electron chi connectivity index (χ4n) is 2.13. The third kappa shape index (κ3) is 7.00. The Morgan fingerprint density at radius 1 is 1.42 bits per heavy atom. The SMILES string of the molecule is CCC(CC(=O)O)NC(=O)NCCC1CCCCO1. The second-order valence-corrected chi connectivity index (χ2v) is 4.88. The number of urea groups is 1. The van der Waals surface area contributed by atoms with E-state index in [4.69, 9.17) is 9.84 Å². The van der Waals surface area contributed by atoms with Gasteiger partial charge in [0.2, 0.25) is 0 Å². The monoisotopic (exact) mass is 272 g/mol. The number of carbonyl (C=O) groups excluding carboxylic acids is 1. The lowest BCUT2D eigenvalue weighted by atomic mass is 10.1. The van der Waals surface area contributed by atoms with Crippen LogP contribution in [0.5, 0.6) is 0 Å². The van der Waals surface area contributed by atoms with Gasteiger partial charge in [0, 0.05) is 19.2 Å². The molecule has 1 saturated heterocycles. The molecule has 0 aliphatic carbocycles. The van der Waals surface area contributed by atoms with Crippen LogP contribution in [0.1, 0.15) is 45.4 Å². The fourth-order valence-corrected chi connectivity index (χ4v) is 2.13. The molecule has 1 fully saturated rings. The van der Waals surface area contributed by atoms with Gasteiger partial charge in [-0.3, -0.25) is 4.79 Å². The van der Waals surface area contributed by atoms with E-state index in [1.165, 1.54) is 6.42 Å². The lowest BCUT2D eigenvalue weighted by Gasteiger charge is -2.22. The van der Waals surface area contributed by atoms with Crippen LogP contribution in [0.25, 0.3) is 0 Å². The molecule has 2 atom stereocenters. The zero-order valence-electron chi connectivity index (χ0n) is 11.5. The Bertz CT molecular complexity index is 290. The van der Waals surface area contributed by atoms with Gasteiger partial charge in [0.25, 0.3) is 0 Å². The van der Waals surface area contributed by atoms with Crippen molar-refractivity contribution >= 4 is 12.0 Å². The van der Waals surface area contributed by atoms with E-state index in [2.05, 4.69) is 10.6 Å². The van der Waals surface area contributed by atoms with Crippen LogP contribution in [0, 0.1) is 0 Å². The molecule has 1 aliphatic rings. The van der Waals surface area contributed by atoms with E-state index in [0.29, 0.717) is 13.0 Å². The summed E-state index contributed by atoms with van der Waals surface area (Å²) in [4.78, 5) is 22.2. The molecule has 0 spiro atoms. The zero-order chi connectivity index (χ0) is 14.1. The van der Waals surface area contributed by atoms with Gasteiger partial charge in [0.1, 0.15) is 0 Å². The van der Waals surface area contributed by atoms with E-state index in [0.717, 1.165) is 25.9 Å². The number of nitrogens with one attached hydrogen (secondary N) is 2. The van der Waals surface area contributed by atoms with Crippen LogP contribution in [-0.2, 0) is 9.53 Å². The van der Waals surface area contributed by atoms with Crippen LogP contribution < -0.4 is 10.6 Å². The topological polar surface area (TPSA) is 87.7 Å². The van der Waals surface area contributed by atoms with Crippen LogP contribution in [0.15, 0.2) is 0 Å². The minimum absolute atomic E-state index is 0.0460. The molecular weight excluding hydrogens is 248 g/mol. The Morgan fingerprint density at radius 2 is 2.21 bits per heavy atom. The minimum Gasteiger partial charge on any atom is -0.481 e. The van der Waals surface area contributed by atoms with Gasteiger partial charge in [-0.2, -0.15) is 0 Å². The number of carboxylic acids is 1. The maximum absolute atomic E-state index is 11.6. The molecule has 6 nitrogen and oxygen atoms in total. The molecule has 1 rings (SSSR count). The summed E-state index contributed by atoms with van der Waals surface area (Å²) >= 11 is 0. The molecule has 110 valence electrons. The first-order chi connectivity index (χ1) is 9.11. The van der Waals surface area contributed by atoms with E-state index in [9.17, 15) is 9.59 Å². The average molecular weight is 272 g/mol. The maximum Gasteiger partial charge on any atom is 0.315 e. The molecule has 6 heteroatoms. The van der Waals surface area contributed by atoms with E-state index in [1.54, 1.807) is 0 Å². The van der Waals surface area contributed by atoms with Gasteiger partial charge in [-0.25, -0.2) is 4.79 Å². The molecule has 0 radical (unpaired) electrons. The summed E-state index contributed by atoms with van der Waals surface area (Å²) in [5.41, 5.74) is 0. The third-order valence-corrected chi connectivity index (χ3v) is 3.27. The number of carbonyl (C=O) groups is 2. The molecule has 3 N–H and O–H groups in total. The molecule has 19 heavy (non-hydrogen) atoms.